The number of halogens is 1. The number of anilines is 4. The number of nitrogens with one attached hydrogen (secondary N) is 3. The molecule has 3 rings (SSSR count). The number of carbonyl (C=O) groups is 2. The molecule has 0 aliphatic heterocycles. The van der Waals surface area contributed by atoms with Crippen molar-refractivity contribution in [1.29, 1.82) is 0 Å². The predicted octanol–water partition coefficient (Wildman–Crippen LogP) is 3.57. The van der Waals surface area contributed by atoms with Gasteiger partial charge in [0.1, 0.15) is 17.3 Å². The Balaban J connectivity index is 1.66. The molecular formula is C19H16FN5O2. The minimum atomic E-state index is -0.493. The standard InChI is InChI=1S/C19H16FN5O2/c1-12(26)23-15-6-3-7-16(9-15)24-18-11-21-17(10-22-18)19(27)25-14-5-2-4-13(20)8-14/h2-11H,1H3,(H,22,24)(H,23,26)(H,25,27). The van der Waals surface area contributed by atoms with Gasteiger partial charge in [-0.25, -0.2) is 14.4 Å². The van der Waals surface area contributed by atoms with E-state index < -0.39 is 11.7 Å². The van der Waals surface area contributed by atoms with E-state index in [9.17, 15) is 14.0 Å². The van der Waals surface area contributed by atoms with Crippen LogP contribution in [0.3, 0.4) is 0 Å². The molecule has 7 nitrogen and oxygen atoms in total. The van der Waals surface area contributed by atoms with Crippen molar-refractivity contribution in [2.45, 2.75) is 6.92 Å². The number of amides is 2. The fraction of sp³-hybridized carbons (Fsp3) is 0.0526. The minimum absolute atomic E-state index is 0.0943. The molecule has 0 atom stereocenters. The largest absolute Gasteiger partial charge is 0.339 e. The third-order valence-corrected chi connectivity index (χ3v) is 3.42. The summed E-state index contributed by atoms with van der Waals surface area (Å²) in [5.74, 6) is -0.676. The molecular weight excluding hydrogens is 349 g/mol. The molecule has 3 aromatic rings. The normalized spacial score (nSPS) is 10.1. The number of nitrogens with zero attached hydrogens (tertiary/aromatic N) is 2. The van der Waals surface area contributed by atoms with Gasteiger partial charge in [-0.15, -0.1) is 0 Å². The molecule has 2 aromatic carbocycles. The van der Waals surface area contributed by atoms with Crippen LogP contribution in [0.4, 0.5) is 27.3 Å². The highest BCUT2D eigenvalue weighted by atomic mass is 19.1. The first-order valence-corrected chi connectivity index (χ1v) is 8.03. The van der Waals surface area contributed by atoms with E-state index in [0.717, 1.165) is 0 Å². The molecule has 1 heterocycles. The molecule has 0 unspecified atom stereocenters. The highest BCUT2D eigenvalue weighted by molar-refractivity contribution is 6.02. The Bertz CT molecular complexity index is 976. The van der Waals surface area contributed by atoms with Crippen molar-refractivity contribution in [1.82, 2.24) is 9.97 Å². The van der Waals surface area contributed by atoms with E-state index in [-0.39, 0.29) is 11.6 Å². The van der Waals surface area contributed by atoms with Crippen molar-refractivity contribution >= 4 is 34.7 Å². The quantitative estimate of drug-likeness (QED) is 0.642. The first kappa shape index (κ1) is 18.0. The maximum atomic E-state index is 13.2. The van der Waals surface area contributed by atoms with Crippen LogP contribution in [0.15, 0.2) is 60.9 Å². The fourth-order valence-corrected chi connectivity index (χ4v) is 2.30. The van der Waals surface area contributed by atoms with E-state index in [0.29, 0.717) is 22.9 Å². The summed E-state index contributed by atoms with van der Waals surface area (Å²) in [5.41, 5.74) is 1.77. The molecule has 0 spiro atoms. The van der Waals surface area contributed by atoms with Crippen LogP contribution in [-0.2, 0) is 4.79 Å². The van der Waals surface area contributed by atoms with Crippen LogP contribution in [0.25, 0.3) is 0 Å². The second-order valence-corrected chi connectivity index (χ2v) is 5.64. The number of rotatable bonds is 5. The van der Waals surface area contributed by atoms with Crippen LogP contribution in [0, 0.1) is 5.82 Å². The summed E-state index contributed by atoms with van der Waals surface area (Å²) in [7, 11) is 0. The smallest absolute Gasteiger partial charge is 0.275 e. The van der Waals surface area contributed by atoms with Gasteiger partial charge in [0.05, 0.1) is 12.4 Å². The van der Waals surface area contributed by atoms with E-state index in [1.165, 1.54) is 37.5 Å². The summed E-state index contributed by atoms with van der Waals surface area (Å²) in [6.07, 6.45) is 2.72. The van der Waals surface area contributed by atoms with Gasteiger partial charge in [0.15, 0.2) is 0 Å². The van der Waals surface area contributed by atoms with Gasteiger partial charge in [-0.1, -0.05) is 12.1 Å². The molecule has 2 amide bonds. The Morgan fingerprint density at radius 3 is 2.26 bits per heavy atom. The van der Waals surface area contributed by atoms with E-state index >= 15 is 0 Å². The zero-order chi connectivity index (χ0) is 19.2. The first-order valence-electron chi connectivity index (χ1n) is 8.03. The lowest BCUT2D eigenvalue weighted by Gasteiger charge is -2.09. The molecule has 8 heteroatoms. The van der Waals surface area contributed by atoms with E-state index in [4.69, 9.17) is 0 Å². The van der Waals surface area contributed by atoms with Gasteiger partial charge >= 0.3 is 0 Å². The highest BCUT2D eigenvalue weighted by Gasteiger charge is 2.09. The molecule has 1 aromatic heterocycles. The summed E-state index contributed by atoms with van der Waals surface area (Å²) < 4.78 is 13.2. The Kier molecular flexibility index (Phi) is 5.36. The number of hydrogen-bond acceptors (Lipinski definition) is 5. The second-order valence-electron chi connectivity index (χ2n) is 5.64. The molecule has 0 saturated carbocycles. The maximum Gasteiger partial charge on any atom is 0.275 e. The minimum Gasteiger partial charge on any atom is -0.339 e. The van der Waals surface area contributed by atoms with Gasteiger partial charge in [0, 0.05) is 24.0 Å². The van der Waals surface area contributed by atoms with Crippen LogP contribution < -0.4 is 16.0 Å². The van der Waals surface area contributed by atoms with E-state index in [1.807, 2.05) is 0 Å². The molecule has 0 aliphatic carbocycles. The SMILES string of the molecule is CC(=O)Nc1cccc(Nc2cnc(C(=O)Nc3cccc(F)c3)cn2)c1. The summed E-state index contributed by atoms with van der Waals surface area (Å²) >= 11 is 0. The average molecular weight is 365 g/mol. The lowest BCUT2D eigenvalue weighted by molar-refractivity contribution is -0.114. The van der Waals surface area contributed by atoms with Gasteiger partial charge in [0.25, 0.3) is 5.91 Å². The number of carbonyl (C=O) groups excluding carboxylic acids is 2. The number of benzene rings is 2. The third kappa shape index (κ3) is 5.08. The monoisotopic (exact) mass is 365 g/mol. The van der Waals surface area contributed by atoms with Gasteiger partial charge in [0.2, 0.25) is 5.91 Å². The average Bonchev–Trinajstić information content (AvgIpc) is 2.62. The molecule has 3 N–H and O–H groups in total. The second kappa shape index (κ2) is 8.05. The van der Waals surface area contributed by atoms with Crippen LogP contribution in [0.2, 0.25) is 0 Å². The van der Waals surface area contributed by atoms with Crippen molar-refractivity contribution in [3.05, 3.63) is 72.4 Å². The summed E-state index contributed by atoms with van der Waals surface area (Å²) in [6, 6.07) is 12.7. The fourth-order valence-electron chi connectivity index (χ4n) is 2.30. The highest BCUT2D eigenvalue weighted by Crippen LogP contribution is 2.18. The summed E-state index contributed by atoms with van der Waals surface area (Å²) in [6.45, 7) is 1.43. The Hall–Kier alpha value is -3.81. The Morgan fingerprint density at radius 2 is 1.59 bits per heavy atom. The van der Waals surface area contributed by atoms with Crippen molar-refractivity contribution in [2.24, 2.45) is 0 Å². The molecule has 0 radical (unpaired) electrons. The lowest BCUT2D eigenvalue weighted by Crippen LogP contribution is -2.14. The van der Waals surface area contributed by atoms with Crippen molar-refractivity contribution in [3.8, 4) is 0 Å². The molecule has 0 aliphatic rings. The molecule has 0 fully saturated rings. The third-order valence-electron chi connectivity index (χ3n) is 3.42. The van der Waals surface area contributed by atoms with Crippen LogP contribution >= 0.6 is 0 Å². The van der Waals surface area contributed by atoms with Gasteiger partial charge in [-0.05, 0) is 36.4 Å². The molecule has 136 valence electrons. The molecule has 27 heavy (non-hydrogen) atoms. The summed E-state index contributed by atoms with van der Waals surface area (Å²) in [4.78, 5) is 31.5. The molecule has 0 bridgehead atoms. The predicted molar refractivity (Wildman–Crippen MR) is 100 cm³/mol. The van der Waals surface area contributed by atoms with Crippen molar-refractivity contribution < 1.29 is 14.0 Å². The van der Waals surface area contributed by atoms with E-state index in [2.05, 4.69) is 25.9 Å². The van der Waals surface area contributed by atoms with Gasteiger partial charge in [-0.2, -0.15) is 0 Å². The van der Waals surface area contributed by atoms with Crippen LogP contribution in [0.1, 0.15) is 17.4 Å². The lowest BCUT2D eigenvalue weighted by atomic mass is 10.2. The van der Waals surface area contributed by atoms with Gasteiger partial charge in [-0.3, -0.25) is 9.59 Å². The van der Waals surface area contributed by atoms with E-state index in [1.54, 1.807) is 30.3 Å². The summed E-state index contributed by atoms with van der Waals surface area (Å²) in [5, 5.41) is 8.27. The topological polar surface area (TPSA) is 96.0 Å². The molecule has 0 saturated heterocycles. The zero-order valence-corrected chi connectivity index (χ0v) is 14.4. The van der Waals surface area contributed by atoms with Gasteiger partial charge < -0.3 is 16.0 Å². The number of aromatic nitrogens is 2. The Morgan fingerprint density at radius 1 is 0.889 bits per heavy atom. The van der Waals surface area contributed by atoms with Crippen LogP contribution in [0.5, 0.6) is 0 Å². The zero-order valence-electron chi connectivity index (χ0n) is 14.4. The maximum absolute atomic E-state index is 13.2. The first-order chi connectivity index (χ1) is 13.0. The van der Waals surface area contributed by atoms with Crippen molar-refractivity contribution in [2.75, 3.05) is 16.0 Å². The number of hydrogen-bond donors (Lipinski definition) is 3. The Labute approximate surface area is 154 Å². The van der Waals surface area contributed by atoms with Crippen molar-refractivity contribution in [3.63, 3.8) is 0 Å². The van der Waals surface area contributed by atoms with Crippen LogP contribution in [-0.4, -0.2) is 21.8 Å².